The maximum atomic E-state index is 11.2. The van der Waals surface area contributed by atoms with E-state index < -0.39 is 10.0 Å². The molecule has 0 bridgehead atoms. The van der Waals surface area contributed by atoms with Gasteiger partial charge in [-0.1, -0.05) is 17.7 Å². The summed E-state index contributed by atoms with van der Waals surface area (Å²) in [5.41, 5.74) is 5.00. The Labute approximate surface area is 110 Å². The van der Waals surface area contributed by atoms with E-state index in [4.69, 9.17) is 0 Å². The van der Waals surface area contributed by atoms with Crippen LogP contribution in [0.2, 0.25) is 0 Å². The molecule has 0 atom stereocenters. The summed E-state index contributed by atoms with van der Waals surface area (Å²) >= 11 is 0. The number of hydrogen-bond acceptors (Lipinski definition) is 3. The number of hydrogen-bond donors (Lipinski definition) is 2. The lowest BCUT2D eigenvalue weighted by Gasteiger charge is -2.12. The van der Waals surface area contributed by atoms with E-state index >= 15 is 0 Å². The van der Waals surface area contributed by atoms with E-state index in [1.54, 1.807) is 0 Å². The van der Waals surface area contributed by atoms with Crippen LogP contribution in [0.25, 0.3) is 0 Å². The SMILES string of the molecule is CNS(=O)(=O)CCNCc1c(C)cc(C)cc1C. The lowest BCUT2D eigenvalue weighted by molar-refractivity contribution is 0.583. The average Bonchev–Trinajstić information content (AvgIpc) is 2.26. The van der Waals surface area contributed by atoms with Crippen LogP contribution in [-0.4, -0.2) is 27.8 Å². The van der Waals surface area contributed by atoms with E-state index in [2.05, 4.69) is 42.9 Å². The molecule has 5 heteroatoms. The van der Waals surface area contributed by atoms with Gasteiger partial charge in [0.25, 0.3) is 0 Å². The molecule has 102 valence electrons. The molecule has 0 amide bonds. The lowest BCUT2D eigenvalue weighted by Crippen LogP contribution is -2.29. The lowest BCUT2D eigenvalue weighted by atomic mass is 10.00. The minimum atomic E-state index is -3.11. The second-order valence-corrected chi connectivity index (χ2v) is 6.62. The zero-order valence-electron chi connectivity index (χ0n) is 11.5. The molecule has 0 saturated carbocycles. The largest absolute Gasteiger partial charge is 0.312 e. The smallest absolute Gasteiger partial charge is 0.212 e. The Balaban J connectivity index is 2.55. The molecule has 0 unspecified atom stereocenters. The Hall–Kier alpha value is -0.910. The van der Waals surface area contributed by atoms with E-state index in [1.165, 1.54) is 29.3 Å². The second kappa shape index (κ2) is 6.31. The molecule has 0 radical (unpaired) electrons. The first-order valence-electron chi connectivity index (χ1n) is 6.04. The van der Waals surface area contributed by atoms with Crippen LogP contribution in [0.3, 0.4) is 0 Å². The summed E-state index contributed by atoms with van der Waals surface area (Å²) < 4.78 is 24.8. The van der Waals surface area contributed by atoms with Crippen molar-refractivity contribution in [2.75, 3.05) is 19.3 Å². The van der Waals surface area contributed by atoms with Crippen LogP contribution in [0.15, 0.2) is 12.1 Å². The Morgan fingerprint density at radius 3 is 2.17 bits per heavy atom. The third-order valence-electron chi connectivity index (χ3n) is 3.00. The van der Waals surface area contributed by atoms with Crippen molar-refractivity contribution in [3.63, 3.8) is 0 Å². The first-order chi connectivity index (χ1) is 8.35. The van der Waals surface area contributed by atoms with Crippen molar-refractivity contribution in [1.82, 2.24) is 10.0 Å². The van der Waals surface area contributed by atoms with Gasteiger partial charge in [-0.2, -0.15) is 0 Å². The molecule has 0 fully saturated rings. The normalized spacial score (nSPS) is 11.8. The highest BCUT2D eigenvalue weighted by molar-refractivity contribution is 7.89. The Kier molecular flexibility index (Phi) is 5.31. The zero-order chi connectivity index (χ0) is 13.8. The summed E-state index contributed by atoms with van der Waals surface area (Å²) in [6.07, 6.45) is 0. The van der Waals surface area contributed by atoms with Gasteiger partial charge in [0, 0.05) is 13.1 Å². The Morgan fingerprint density at radius 2 is 1.67 bits per heavy atom. The van der Waals surface area contributed by atoms with Crippen LogP contribution in [0.1, 0.15) is 22.3 Å². The van der Waals surface area contributed by atoms with Crippen molar-refractivity contribution < 1.29 is 8.42 Å². The maximum absolute atomic E-state index is 11.2. The summed E-state index contributed by atoms with van der Waals surface area (Å²) in [6.45, 7) is 7.41. The minimum Gasteiger partial charge on any atom is -0.312 e. The first-order valence-corrected chi connectivity index (χ1v) is 7.69. The molecule has 0 aromatic heterocycles. The quantitative estimate of drug-likeness (QED) is 0.765. The number of benzene rings is 1. The van der Waals surface area contributed by atoms with Gasteiger partial charge in [0.1, 0.15) is 0 Å². The van der Waals surface area contributed by atoms with Crippen molar-refractivity contribution in [2.24, 2.45) is 0 Å². The van der Waals surface area contributed by atoms with E-state index in [-0.39, 0.29) is 5.75 Å². The number of rotatable bonds is 6. The van der Waals surface area contributed by atoms with Crippen LogP contribution in [0.5, 0.6) is 0 Å². The molecule has 0 spiro atoms. The molecule has 1 aromatic rings. The standard InChI is InChI=1S/C13H22N2O2S/c1-10-7-11(2)13(12(3)8-10)9-15-5-6-18(16,17)14-4/h7-8,14-15H,5-6,9H2,1-4H3. The molecule has 4 nitrogen and oxygen atoms in total. The fourth-order valence-corrected chi connectivity index (χ4v) is 2.63. The van der Waals surface area contributed by atoms with E-state index in [1.807, 2.05) is 0 Å². The van der Waals surface area contributed by atoms with Crippen molar-refractivity contribution >= 4 is 10.0 Å². The number of aryl methyl sites for hydroxylation is 3. The summed E-state index contributed by atoms with van der Waals surface area (Å²) in [4.78, 5) is 0. The predicted octanol–water partition coefficient (Wildman–Crippen LogP) is 1.25. The van der Waals surface area contributed by atoms with Gasteiger partial charge in [0.15, 0.2) is 0 Å². The molecular weight excluding hydrogens is 248 g/mol. The fraction of sp³-hybridized carbons (Fsp3) is 0.538. The maximum Gasteiger partial charge on any atom is 0.212 e. The Bertz CT molecular complexity index is 487. The molecule has 0 saturated heterocycles. The van der Waals surface area contributed by atoms with Gasteiger partial charge in [-0.15, -0.1) is 0 Å². The van der Waals surface area contributed by atoms with Crippen molar-refractivity contribution in [3.05, 3.63) is 34.4 Å². The molecule has 0 aliphatic carbocycles. The molecule has 0 heterocycles. The average molecular weight is 270 g/mol. The van der Waals surface area contributed by atoms with Crippen LogP contribution in [0.4, 0.5) is 0 Å². The van der Waals surface area contributed by atoms with Crippen LogP contribution in [-0.2, 0) is 16.6 Å². The molecular formula is C13H22N2O2S. The van der Waals surface area contributed by atoms with Gasteiger partial charge in [0.2, 0.25) is 10.0 Å². The highest BCUT2D eigenvalue weighted by Crippen LogP contribution is 2.15. The summed E-state index contributed by atoms with van der Waals surface area (Å²) in [5.74, 6) is 0.105. The summed E-state index contributed by atoms with van der Waals surface area (Å²) in [6, 6.07) is 4.29. The highest BCUT2D eigenvalue weighted by Gasteiger charge is 2.07. The second-order valence-electron chi connectivity index (χ2n) is 4.58. The van der Waals surface area contributed by atoms with Crippen molar-refractivity contribution in [2.45, 2.75) is 27.3 Å². The molecule has 1 rings (SSSR count). The molecule has 18 heavy (non-hydrogen) atoms. The topological polar surface area (TPSA) is 58.2 Å². The minimum absolute atomic E-state index is 0.105. The van der Waals surface area contributed by atoms with E-state index in [0.717, 1.165) is 0 Å². The first kappa shape index (κ1) is 15.1. The predicted molar refractivity (Wildman–Crippen MR) is 75.2 cm³/mol. The van der Waals surface area contributed by atoms with Gasteiger partial charge < -0.3 is 5.32 Å². The van der Waals surface area contributed by atoms with E-state index in [0.29, 0.717) is 13.1 Å². The Morgan fingerprint density at radius 1 is 1.11 bits per heavy atom. The van der Waals surface area contributed by atoms with E-state index in [9.17, 15) is 8.42 Å². The van der Waals surface area contributed by atoms with Crippen LogP contribution >= 0.6 is 0 Å². The van der Waals surface area contributed by atoms with Gasteiger partial charge in [-0.25, -0.2) is 13.1 Å². The van der Waals surface area contributed by atoms with Crippen molar-refractivity contribution in [1.29, 1.82) is 0 Å². The summed E-state index contributed by atoms with van der Waals surface area (Å²) in [5, 5.41) is 3.17. The monoisotopic (exact) mass is 270 g/mol. The summed E-state index contributed by atoms with van der Waals surface area (Å²) in [7, 11) is -1.68. The number of sulfonamides is 1. The molecule has 1 aromatic carbocycles. The van der Waals surface area contributed by atoms with Gasteiger partial charge >= 0.3 is 0 Å². The van der Waals surface area contributed by atoms with Crippen molar-refractivity contribution in [3.8, 4) is 0 Å². The number of nitrogens with one attached hydrogen (secondary N) is 2. The highest BCUT2D eigenvalue weighted by atomic mass is 32.2. The van der Waals surface area contributed by atoms with Crippen LogP contribution in [0, 0.1) is 20.8 Å². The van der Waals surface area contributed by atoms with Crippen LogP contribution < -0.4 is 10.0 Å². The van der Waals surface area contributed by atoms with Gasteiger partial charge in [-0.3, -0.25) is 0 Å². The third kappa shape index (κ3) is 4.40. The molecule has 0 aliphatic rings. The van der Waals surface area contributed by atoms with Gasteiger partial charge in [0.05, 0.1) is 5.75 Å². The third-order valence-corrected chi connectivity index (χ3v) is 4.36. The molecule has 2 N–H and O–H groups in total. The van der Waals surface area contributed by atoms with Gasteiger partial charge in [-0.05, 0) is 44.5 Å². The molecule has 0 aliphatic heterocycles. The zero-order valence-corrected chi connectivity index (χ0v) is 12.3. The fourth-order valence-electron chi connectivity index (χ4n) is 2.01.